The number of hydrogen-bond donors (Lipinski definition) is 1. The SMILES string of the molecule is CC(C)(C)OC(=O)N1[C@H]2CC[C@@H](C2)[C@@H]1C(=O)O. The summed E-state index contributed by atoms with van der Waals surface area (Å²) in [6.07, 6.45) is 2.11. The fourth-order valence-corrected chi connectivity index (χ4v) is 2.88. The lowest BCUT2D eigenvalue weighted by atomic mass is 9.99. The Morgan fingerprint density at radius 3 is 2.47 bits per heavy atom. The Morgan fingerprint density at radius 1 is 1.29 bits per heavy atom. The second kappa shape index (κ2) is 3.89. The average molecular weight is 241 g/mol. The predicted octanol–water partition coefficient (Wildman–Crippen LogP) is 1.86. The van der Waals surface area contributed by atoms with Crippen LogP contribution in [-0.4, -0.2) is 39.8 Å². The third-order valence-electron chi connectivity index (χ3n) is 3.44. The highest BCUT2D eigenvalue weighted by Gasteiger charge is 2.52. The minimum atomic E-state index is -0.914. The topological polar surface area (TPSA) is 66.8 Å². The Morgan fingerprint density at radius 2 is 1.94 bits per heavy atom. The molecule has 5 heteroatoms. The van der Waals surface area contributed by atoms with E-state index >= 15 is 0 Å². The molecule has 0 radical (unpaired) electrons. The number of amides is 1. The Kier molecular flexibility index (Phi) is 2.79. The van der Waals surface area contributed by atoms with Gasteiger partial charge in [0.2, 0.25) is 0 Å². The molecule has 96 valence electrons. The van der Waals surface area contributed by atoms with Crippen LogP contribution in [0, 0.1) is 5.92 Å². The van der Waals surface area contributed by atoms with Crippen molar-refractivity contribution in [3.63, 3.8) is 0 Å². The first-order valence-electron chi connectivity index (χ1n) is 6.04. The summed E-state index contributed by atoms with van der Waals surface area (Å²) in [5.41, 5.74) is -0.581. The fourth-order valence-electron chi connectivity index (χ4n) is 2.88. The summed E-state index contributed by atoms with van der Waals surface area (Å²) in [4.78, 5) is 24.7. The molecule has 0 spiro atoms. The lowest BCUT2D eigenvalue weighted by Crippen LogP contribution is -2.50. The van der Waals surface area contributed by atoms with Crippen molar-refractivity contribution in [2.75, 3.05) is 0 Å². The highest BCUT2D eigenvalue weighted by molar-refractivity contribution is 5.82. The number of fused-ring (bicyclic) bond motifs is 2. The van der Waals surface area contributed by atoms with Gasteiger partial charge in [-0.15, -0.1) is 0 Å². The van der Waals surface area contributed by atoms with Gasteiger partial charge in [0, 0.05) is 6.04 Å². The van der Waals surface area contributed by atoms with E-state index in [-0.39, 0.29) is 12.0 Å². The summed E-state index contributed by atoms with van der Waals surface area (Å²) < 4.78 is 5.28. The van der Waals surface area contributed by atoms with Crippen molar-refractivity contribution in [3.8, 4) is 0 Å². The molecule has 3 atom stereocenters. The number of aliphatic carboxylic acids is 1. The van der Waals surface area contributed by atoms with Crippen LogP contribution in [0.5, 0.6) is 0 Å². The van der Waals surface area contributed by atoms with E-state index in [0.717, 1.165) is 19.3 Å². The monoisotopic (exact) mass is 241 g/mol. The van der Waals surface area contributed by atoms with E-state index in [2.05, 4.69) is 0 Å². The van der Waals surface area contributed by atoms with Crippen LogP contribution >= 0.6 is 0 Å². The van der Waals surface area contributed by atoms with Crippen LogP contribution in [0.2, 0.25) is 0 Å². The third kappa shape index (κ3) is 2.23. The molecule has 17 heavy (non-hydrogen) atoms. The molecule has 2 aliphatic rings. The zero-order chi connectivity index (χ0) is 12.8. The van der Waals surface area contributed by atoms with Gasteiger partial charge < -0.3 is 9.84 Å². The van der Waals surface area contributed by atoms with Crippen LogP contribution in [-0.2, 0) is 9.53 Å². The zero-order valence-corrected chi connectivity index (χ0v) is 10.5. The van der Waals surface area contributed by atoms with Gasteiger partial charge in [-0.05, 0) is 46.0 Å². The number of carbonyl (C=O) groups is 2. The first-order chi connectivity index (χ1) is 7.79. The molecule has 0 unspecified atom stereocenters. The number of piperidine rings is 1. The Bertz CT molecular complexity index is 347. The summed E-state index contributed by atoms with van der Waals surface area (Å²) in [6, 6.07) is -0.639. The number of hydrogen-bond acceptors (Lipinski definition) is 3. The second-order valence-electron chi connectivity index (χ2n) is 5.90. The van der Waals surface area contributed by atoms with Gasteiger partial charge in [-0.2, -0.15) is 0 Å². The summed E-state index contributed by atoms with van der Waals surface area (Å²) in [7, 11) is 0. The highest BCUT2D eigenvalue weighted by atomic mass is 16.6. The predicted molar refractivity (Wildman–Crippen MR) is 60.6 cm³/mol. The van der Waals surface area contributed by atoms with E-state index in [1.165, 1.54) is 4.90 Å². The maximum atomic E-state index is 12.0. The minimum Gasteiger partial charge on any atom is -0.480 e. The molecule has 2 fully saturated rings. The van der Waals surface area contributed by atoms with Gasteiger partial charge >= 0.3 is 12.1 Å². The molecular formula is C12H19NO4. The molecule has 1 saturated carbocycles. The quantitative estimate of drug-likeness (QED) is 0.761. The third-order valence-corrected chi connectivity index (χ3v) is 3.44. The van der Waals surface area contributed by atoms with Crippen molar-refractivity contribution in [2.45, 2.75) is 57.7 Å². The van der Waals surface area contributed by atoms with Gasteiger partial charge in [-0.3, -0.25) is 4.90 Å². The molecule has 1 heterocycles. The van der Waals surface area contributed by atoms with Crippen molar-refractivity contribution < 1.29 is 19.4 Å². The van der Waals surface area contributed by atoms with E-state index in [0.29, 0.717) is 0 Å². The molecule has 1 N–H and O–H groups in total. The normalized spacial score (nSPS) is 31.7. The van der Waals surface area contributed by atoms with Gasteiger partial charge in [0.05, 0.1) is 0 Å². The van der Waals surface area contributed by atoms with Gasteiger partial charge in [0.15, 0.2) is 0 Å². The molecule has 0 aromatic heterocycles. The molecule has 0 aromatic rings. The lowest BCUT2D eigenvalue weighted by Gasteiger charge is -2.34. The smallest absolute Gasteiger partial charge is 0.411 e. The van der Waals surface area contributed by atoms with Crippen LogP contribution in [0.25, 0.3) is 0 Å². The summed E-state index contributed by atoms with van der Waals surface area (Å²) in [5.74, 6) is -0.812. The summed E-state index contributed by atoms with van der Waals surface area (Å²) >= 11 is 0. The number of carboxylic acid groups (broad SMARTS) is 1. The molecule has 5 nitrogen and oxygen atoms in total. The van der Waals surface area contributed by atoms with E-state index < -0.39 is 23.7 Å². The zero-order valence-electron chi connectivity index (χ0n) is 10.5. The minimum absolute atomic E-state index is 0.0518. The number of ether oxygens (including phenoxy) is 1. The number of carbonyl (C=O) groups excluding carboxylic acids is 1. The van der Waals surface area contributed by atoms with Crippen LogP contribution < -0.4 is 0 Å². The van der Waals surface area contributed by atoms with Gasteiger partial charge in [0.25, 0.3) is 0 Å². The van der Waals surface area contributed by atoms with Crippen LogP contribution in [0.3, 0.4) is 0 Å². The Balaban J connectivity index is 2.14. The fraction of sp³-hybridized carbons (Fsp3) is 0.833. The number of carboxylic acids is 1. The molecule has 1 amide bonds. The van der Waals surface area contributed by atoms with Crippen LogP contribution in [0.1, 0.15) is 40.0 Å². The first-order valence-corrected chi connectivity index (χ1v) is 6.04. The molecule has 2 rings (SSSR count). The molecule has 1 saturated heterocycles. The van der Waals surface area contributed by atoms with Crippen molar-refractivity contribution in [1.29, 1.82) is 0 Å². The molecule has 1 aliphatic carbocycles. The lowest BCUT2D eigenvalue weighted by molar-refractivity contribution is -0.144. The van der Waals surface area contributed by atoms with E-state index in [4.69, 9.17) is 4.74 Å². The Labute approximate surface area is 101 Å². The van der Waals surface area contributed by atoms with Gasteiger partial charge in [-0.25, -0.2) is 9.59 Å². The van der Waals surface area contributed by atoms with Crippen molar-refractivity contribution in [3.05, 3.63) is 0 Å². The highest BCUT2D eigenvalue weighted by Crippen LogP contribution is 2.43. The van der Waals surface area contributed by atoms with Crippen molar-refractivity contribution in [1.82, 2.24) is 4.90 Å². The van der Waals surface area contributed by atoms with E-state index in [1.807, 2.05) is 0 Å². The van der Waals surface area contributed by atoms with Gasteiger partial charge in [0.1, 0.15) is 11.6 Å². The maximum absolute atomic E-state index is 12.0. The number of rotatable bonds is 1. The van der Waals surface area contributed by atoms with Crippen LogP contribution in [0.15, 0.2) is 0 Å². The standard InChI is InChI=1S/C12H19NO4/c1-12(2,3)17-11(16)13-8-5-4-7(6-8)9(13)10(14)15/h7-9H,4-6H2,1-3H3,(H,14,15)/t7-,8-,9+/m0/s1. The van der Waals surface area contributed by atoms with Crippen molar-refractivity contribution >= 4 is 12.1 Å². The molecule has 0 aromatic carbocycles. The van der Waals surface area contributed by atoms with E-state index in [1.54, 1.807) is 20.8 Å². The van der Waals surface area contributed by atoms with Crippen LogP contribution in [0.4, 0.5) is 4.79 Å². The maximum Gasteiger partial charge on any atom is 0.411 e. The molecular weight excluding hydrogens is 222 g/mol. The summed E-state index contributed by atoms with van der Waals surface area (Å²) in [5, 5.41) is 9.20. The molecule has 1 aliphatic heterocycles. The Hall–Kier alpha value is -1.26. The second-order valence-corrected chi connectivity index (χ2v) is 5.90. The largest absolute Gasteiger partial charge is 0.480 e. The summed E-state index contributed by atoms with van der Waals surface area (Å²) in [6.45, 7) is 5.36. The molecule has 2 bridgehead atoms. The average Bonchev–Trinajstić information content (AvgIpc) is 2.72. The first kappa shape index (κ1) is 12.2. The number of likely N-dealkylation sites (tertiary alicyclic amines) is 1. The van der Waals surface area contributed by atoms with Gasteiger partial charge in [-0.1, -0.05) is 0 Å². The van der Waals surface area contributed by atoms with E-state index in [9.17, 15) is 14.7 Å². The number of nitrogens with zero attached hydrogens (tertiary/aromatic N) is 1. The van der Waals surface area contributed by atoms with Crippen molar-refractivity contribution in [2.24, 2.45) is 5.92 Å².